The molecule has 0 aliphatic heterocycles. The third kappa shape index (κ3) is 3.15. The molecule has 120 valence electrons. The lowest BCUT2D eigenvalue weighted by atomic mass is 10.1. The fraction of sp³-hybridized carbons (Fsp3) is 0. The quantitative estimate of drug-likeness (QED) is 0.455. The second-order valence-electron chi connectivity index (χ2n) is 5.78. The van der Waals surface area contributed by atoms with Crippen LogP contribution in [0.3, 0.4) is 0 Å². The minimum Gasteiger partial charge on any atom is -0.438 e. The van der Waals surface area contributed by atoms with Crippen LogP contribution in [0.4, 0.5) is 5.69 Å². The lowest BCUT2D eigenvalue weighted by Crippen LogP contribution is -2.05. The Hall–Kier alpha value is -3.39. The minimum absolute atomic E-state index is 0.608. The topological polar surface area (TPSA) is 25.5 Å². The average Bonchev–Trinajstić information content (AvgIpc) is 2.69. The van der Waals surface area contributed by atoms with E-state index in [1.165, 1.54) is 0 Å². The first-order valence-corrected chi connectivity index (χ1v) is 8.19. The highest BCUT2D eigenvalue weighted by atomic mass is 16.3. The van der Waals surface area contributed by atoms with Crippen molar-refractivity contribution in [3.8, 4) is 11.1 Å². The highest BCUT2D eigenvalue weighted by Crippen LogP contribution is 2.22. The van der Waals surface area contributed by atoms with Crippen LogP contribution in [0.2, 0.25) is 0 Å². The molecule has 0 unspecified atom stereocenters. The Kier molecular flexibility index (Phi) is 4.01. The molecule has 0 saturated carbocycles. The predicted octanol–water partition coefficient (Wildman–Crippen LogP) is 5.98. The molecule has 0 saturated heterocycles. The molecule has 0 fully saturated rings. The van der Waals surface area contributed by atoms with Crippen LogP contribution in [0.15, 0.2) is 101 Å². The summed E-state index contributed by atoms with van der Waals surface area (Å²) in [4.78, 5) is 4.74. The van der Waals surface area contributed by atoms with Crippen molar-refractivity contribution in [3.63, 3.8) is 0 Å². The standard InChI is InChI=1S/C23H17NO/c1-2-17-12-14-20(15-13-17)24-23-21(18-8-4-3-5-9-18)16-19-10-6-7-11-22(19)25-23/h2-16H,1H2. The molecular weight excluding hydrogens is 306 g/mol. The zero-order valence-corrected chi connectivity index (χ0v) is 13.7. The van der Waals surface area contributed by atoms with E-state index in [2.05, 4.69) is 24.8 Å². The van der Waals surface area contributed by atoms with Crippen molar-refractivity contribution in [2.24, 2.45) is 4.99 Å². The zero-order valence-electron chi connectivity index (χ0n) is 13.7. The summed E-state index contributed by atoms with van der Waals surface area (Å²) >= 11 is 0. The normalized spacial score (nSPS) is 11.6. The molecule has 0 radical (unpaired) electrons. The molecule has 0 atom stereocenters. The number of hydrogen-bond donors (Lipinski definition) is 0. The Balaban J connectivity index is 1.96. The summed E-state index contributed by atoms with van der Waals surface area (Å²) in [7, 11) is 0. The van der Waals surface area contributed by atoms with Crippen LogP contribution in [0.25, 0.3) is 28.2 Å². The maximum Gasteiger partial charge on any atom is 0.227 e. The van der Waals surface area contributed by atoms with Gasteiger partial charge in [0, 0.05) is 10.9 Å². The van der Waals surface area contributed by atoms with E-state index in [1.807, 2.05) is 72.8 Å². The Morgan fingerprint density at radius 3 is 2.28 bits per heavy atom. The molecular formula is C23H17NO. The van der Waals surface area contributed by atoms with Crippen molar-refractivity contribution in [3.05, 3.63) is 103 Å². The molecule has 0 aliphatic rings. The molecule has 0 aliphatic carbocycles. The van der Waals surface area contributed by atoms with Gasteiger partial charge in [0.15, 0.2) is 0 Å². The maximum absolute atomic E-state index is 6.12. The maximum atomic E-state index is 6.12. The fourth-order valence-electron chi connectivity index (χ4n) is 2.78. The molecule has 0 amide bonds. The minimum atomic E-state index is 0.608. The Bertz CT molecular complexity index is 1090. The number of hydrogen-bond acceptors (Lipinski definition) is 2. The van der Waals surface area contributed by atoms with E-state index < -0.39 is 0 Å². The van der Waals surface area contributed by atoms with Crippen LogP contribution in [0.1, 0.15) is 5.56 Å². The van der Waals surface area contributed by atoms with Crippen LogP contribution >= 0.6 is 0 Å². The smallest absolute Gasteiger partial charge is 0.227 e. The van der Waals surface area contributed by atoms with Gasteiger partial charge < -0.3 is 4.42 Å². The van der Waals surface area contributed by atoms with Gasteiger partial charge in [0.25, 0.3) is 0 Å². The highest BCUT2D eigenvalue weighted by Gasteiger charge is 2.06. The van der Waals surface area contributed by atoms with Crippen molar-refractivity contribution in [2.75, 3.05) is 0 Å². The van der Waals surface area contributed by atoms with Crippen molar-refractivity contribution in [1.82, 2.24) is 0 Å². The van der Waals surface area contributed by atoms with E-state index in [0.29, 0.717) is 5.55 Å². The summed E-state index contributed by atoms with van der Waals surface area (Å²) in [6.45, 7) is 3.78. The van der Waals surface area contributed by atoms with Crippen LogP contribution in [-0.2, 0) is 0 Å². The Morgan fingerprint density at radius 1 is 0.800 bits per heavy atom. The molecule has 4 rings (SSSR count). The number of fused-ring (bicyclic) bond motifs is 1. The SMILES string of the molecule is C=Cc1ccc(N=c2oc3ccccc3cc2-c2ccccc2)cc1. The van der Waals surface area contributed by atoms with E-state index in [-0.39, 0.29) is 0 Å². The van der Waals surface area contributed by atoms with Gasteiger partial charge in [-0.2, -0.15) is 0 Å². The molecule has 25 heavy (non-hydrogen) atoms. The summed E-state index contributed by atoms with van der Waals surface area (Å²) in [6, 6.07) is 28.2. The molecule has 1 aromatic heterocycles. The van der Waals surface area contributed by atoms with E-state index in [0.717, 1.165) is 33.3 Å². The van der Waals surface area contributed by atoms with Crippen molar-refractivity contribution >= 4 is 22.7 Å². The summed E-state index contributed by atoms with van der Waals surface area (Å²) in [5, 5.41) is 1.06. The Morgan fingerprint density at radius 2 is 1.52 bits per heavy atom. The van der Waals surface area contributed by atoms with Gasteiger partial charge in [-0.25, -0.2) is 4.99 Å². The largest absolute Gasteiger partial charge is 0.438 e. The van der Waals surface area contributed by atoms with Gasteiger partial charge in [0.05, 0.1) is 5.69 Å². The van der Waals surface area contributed by atoms with Crippen molar-refractivity contribution in [1.29, 1.82) is 0 Å². The van der Waals surface area contributed by atoms with E-state index in [4.69, 9.17) is 9.41 Å². The van der Waals surface area contributed by atoms with E-state index in [1.54, 1.807) is 0 Å². The van der Waals surface area contributed by atoms with Gasteiger partial charge in [-0.15, -0.1) is 0 Å². The monoisotopic (exact) mass is 323 g/mol. The molecule has 3 aromatic carbocycles. The molecule has 0 N–H and O–H groups in total. The van der Waals surface area contributed by atoms with Crippen molar-refractivity contribution < 1.29 is 4.42 Å². The zero-order chi connectivity index (χ0) is 17.1. The van der Waals surface area contributed by atoms with Gasteiger partial charge in [-0.05, 0) is 35.4 Å². The first-order chi connectivity index (χ1) is 12.3. The molecule has 0 spiro atoms. The first kappa shape index (κ1) is 15.2. The molecule has 0 bridgehead atoms. The summed E-state index contributed by atoms with van der Waals surface area (Å²) < 4.78 is 6.12. The van der Waals surface area contributed by atoms with Gasteiger partial charge in [0.2, 0.25) is 5.55 Å². The average molecular weight is 323 g/mol. The lowest BCUT2D eigenvalue weighted by molar-refractivity contribution is 0.547. The molecule has 2 heteroatoms. The second-order valence-corrected chi connectivity index (χ2v) is 5.78. The number of para-hydroxylation sites is 1. The second kappa shape index (κ2) is 6.62. The van der Waals surface area contributed by atoms with Gasteiger partial charge in [0.1, 0.15) is 5.58 Å². The number of rotatable bonds is 3. The third-order valence-electron chi connectivity index (χ3n) is 4.10. The van der Waals surface area contributed by atoms with E-state index >= 15 is 0 Å². The molecule has 4 aromatic rings. The third-order valence-corrected chi connectivity index (χ3v) is 4.10. The summed E-state index contributed by atoms with van der Waals surface area (Å²) in [5.74, 6) is 0. The summed E-state index contributed by atoms with van der Waals surface area (Å²) in [6.07, 6.45) is 1.82. The van der Waals surface area contributed by atoms with Crippen LogP contribution in [0, 0.1) is 0 Å². The van der Waals surface area contributed by atoms with Crippen LogP contribution in [-0.4, -0.2) is 0 Å². The van der Waals surface area contributed by atoms with Gasteiger partial charge in [-0.3, -0.25) is 0 Å². The number of benzene rings is 3. The summed E-state index contributed by atoms with van der Waals surface area (Å²) in [5.41, 5.74) is 5.41. The van der Waals surface area contributed by atoms with Crippen LogP contribution < -0.4 is 5.55 Å². The number of nitrogens with zero attached hydrogens (tertiary/aromatic N) is 1. The highest BCUT2D eigenvalue weighted by molar-refractivity contribution is 5.81. The van der Waals surface area contributed by atoms with Crippen molar-refractivity contribution in [2.45, 2.75) is 0 Å². The van der Waals surface area contributed by atoms with E-state index in [9.17, 15) is 0 Å². The van der Waals surface area contributed by atoms with Gasteiger partial charge >= 0.3 is 0 Å². The first-order valence-electron chi connectivity index (χ1n) is 8.19. The lowest BCUT2D eigenvalue weighted by Gasteiger charge is -2.05. The molecule has 1 heterocycles. The van der Waals surface area contributed by atoms with Crippen LogP contribution in [0.5, 0.6) is 0 Å². The predicted molar refractivity (Wildman–Crippen MR) is 103 cm³/mol. The fourth-order valence-corrected chi connectivity index (χ4v) is 2.78. The molecule has 2 nitrogen and oxygen atoms in total. The van der Waals surface area contributed by atoms with Gasteiger partial charge in [-0.1, -0.05) is 73.3 Å². The Labute approximate surface area is 146 Å².